The molecule has 3 N–H and O–H groups in total. The van der Waals surface area contributed by atoms with Gasteiger partial charge < -0.3 is 0 Å². The molecule has 0 radical (unpaired) electrons. The van der Waals surface area contributed by atoms with E-state index >= 15 is 0 Å². The molecule has 0 aliphatic heterocycles. The van der Waals surface area contributed by atoms with Crippen LogP contribution in [0.15, 0.2) is 69.7 Å². The van der Waals surface area contributed by atoms with Crippen LogP contribution in [0.25, 0.3) is 0 Å². The van der Waals surface area contributed by atoms with Crippen LogP contribution in [0, 0.1) is 0 Å². The molecule has 0 aliphatic carbocycles. The van der Waals surface area contributed by atoms with Gasteiger partial charge >= 0.3 is 6.18 Å². The third-order valence-corrected chi connectivity index (χ3v) is 6.51. The highest BCUT2D eigenvalue weighted by Gasteiger charge is 2.34. The number of hydrogen-bond donors (Lipinski definition) is 3. The van der Waals surface area contributed by atoms with Gasteiger partial charge in [-0.25, -0.2) is 23.9 Å². The third-order valence-electron chi connectivity index (χ3n) is 3.86. The van der Waals surface area contributed by atoms with Crippen molar-refractivity contribution in [3.63, 3.8) is 0 Å². The number of carbonyl (C=O) groups excluding carboxylic acids is 1. The van der Waals surface area contributed by atoms with Crippen molar-refractivity contribution in [3.8, 4) is 0 Å². The summed E-state index contributed by atoms with van der Waals surface area (Å²) in [5, 5.41) is 8.43. The highest BCUT2D eigenvalue weighted by atomic mass is 35.5. The first-order valence-corrected chi connectivity index (χ1v) is 11.1. The Morgan fingerprint density at radius 1 is 1.06 bits per heavy atom. The van der Waals surface area contributed by atoms with E-state index in [0.29, 0.717) is 16.0 Å². The van der Waals surface area contributed by atoms with E-state index in [-0.39, 0.29) is 11.4 Å². The summed E-state index contributed by atoms with van der Waals surface area (Å²) in [5.41, 5.74) is 0.252. The Kier molecular flexibility index (Phi) is 6.93. The summed E-state index contributed by atoms with van der Waals surface area (Å²) in [6.07, 6.45) is -3.67. The number of hydroxylamine groups is 1. The molecule has 0 saturated heterocycles. The zero-order valence-corrected chi connectivity index (χ0v) is 18.0. The predicted octanol–water partition coefficient (Wildman–Crippen LogP) is 4.22. The number of nitrogens with one attached hydrogen (secondary N) is 2. The molecule has 14 heteroatoms. The number of sulfonamides is 1. The first-order chi connectivity index (χ1) is 15.0. The van der Waals surface area contributed by atoms with E-state index in [1.54, 1.807) is 12.1 Å². The summed E-state index contributed by atoms with van der Waals surface area (Å²) in [7, 11) is -4.31. The molecular weight excluding hydrogens is 493 g/mol. The first kappa shape index (κ1) is 23.8. The molecule has 168 valence electrons. The van der Waals surface area contributed by atoms with Gasteiger partial charge in [0.1, 0.15) is 17.0 Å². The summed E-state index contributed by atoms with van der Waals surface area (Å²) in [4.78, 5) is 19.1. The quantitative estimate of drug-likeness (QED) is 0.261. The fraction of sp³-hybridized carbons (Fsp3) is 0.0556. The minimum atomic E-state index is -4.81. The number of aromatic nitrogens is 2. The molecule has 0 aliphatic rings. The van der Waals surface area contributed by atoms with Crippen LogP contribution in [-0.2, 0) is 16.2 Å². The normalized spacial score (nSPS) is 11.8. The molecule has 3 aromatic rings. The zero-order chi connectivity index (χ0) is 23.5. The third kappa shape index (κ3) is 5.68. The van der Waals surface area contributed by atoms with Crippen molar-refractivity contribution in [1.29, 1.82) is 0 Å². The smallest absolute Gasteiger partial charge is 0.288 e. The van der Waals surface area contributed by atoms with Crippen molar-refractivity contribution in [2.24, 2.45) is 0 Å². The van der Waals surface area contributed by atoms with Gasteiger partial charge in [-0.1, -0.05) is 23.4 Å². The maximum atomic E-state index is 13.0. The summed E-state index contributed by atoms with van der Waals surface area (Å²) in [6, 6.07) is 9.53. The molecule has 32 heavy (non-hydrogen) atoms. The second kappa shape index (κ2) is 9.32. The lowest BCUT2D eigenvalue weighted by molar-refractivity contribution is -0.137. The van der Waals surface area contributed by atoms with Gasteiger partial charge in [0, 0.05) is 16.6 Å². The highest BCUT2D eigenvalue weighted by molar-refractivity contribution is 7.99. The Morgan fingerprint density at radius 2 is 1.75 bits per heavy atom. The standard InChI is InChI=1S/C18H12ClF3N4O4S2/c19-14-6-5-12(7-13(14)18(20,21)22)32(29,30)26-10-1-3-11(4-2-10)31-16-8-15(17(27)25-28)23-9-24-16/h1-9,26,28H,(H,25,27). The fourth-order valence-electron chi connectivity index (χ4n) is 2.39. The molecule has 0 bridgehead atoms. The van der Waals surface area contributed by atoms with Gasteiger partial charge in [0.25, 0.3) is 15.9 Å². The monoisotopic (exact) mass is 504 g/mol. The van der Waals surface area contributed by atoms with Gasteiger partial charge in [0.15, 0.2) is 0 Å². The second-order valence-electron chi connectivity index (χ2n) is 6.05. The molecule has 8 nitrogen and oxygen atoms in total. The molecule has 0 unspecified atom stereocenters. The number of carbonyl (C=O) groups is 1. The number of rotatable bonds is 6. The Labute approximate surface area is 188 Å². The van der Waals surface area contributed by atoms with Crippen molar-refractivity contribution in [2.75, 3.05) is 4.72 Å². The van der Waals surface area contributed by atoms with E-state index in [1.807, 2.05) is 0 Å². The molecule has 0 saturated carbocycles. The van der Waals surface area contributed by atoms with Crippen molar-refractivity contribution in [3.05, 3.63) is 71.1 Å². The molecule has 0 fully saturated rings. The van der Waals surface area contributed by atoms with E-state index in [9.17, 15) is 26.4 Å². The number of benzene rings is 2. The van der Waals surface area contributed by atoms with Crippen LogP contribution in [-0.4, -0.2) is 29.5 Å². The molecule has 0 spiro atoms. The summed E-state index contributed by atoms with van der Waals surface area (Å²) in [6.45, 7) is 0. The Balaban J connectivity index is 1.77. The highest BCUT2D eigenvalue weighted by Crippen LogP contribution is 2.36. The summed E-state index contributed by atoms with van der Waals surface area (Å²) >= 11 is 6.66. The fourth-order valence-corrected chi connectivity index (χ4v) is 4.48. The second-order valence-corrected chi connectivity index (χ2v) is 9.24. The summed E-state index contributed by atoms with van der Waals surface area (Å²) < 4.78 is 66.2. The Hall–Kier alpha value is -2.87. The molecule has 2 aromatic carbocycles. The minimum absolute atomic E-state index is 0.0597. The number of nitrogens with zero attached hydrogens (tertiary/aromatic N) is 2. The molecule has 3 rings (SSSR count). The largest absolute Gasteiger partial charge is 0.417 e. The van der Waals surface area contributed by atoms with E-state index in [0.717, 1.165) is 30.2 Å². The van der Waals surface area contributed by atoms with Crippen LogP contribution in [0.2, 0.25) is 5.02 Å². The average Bonchev–Trinajstić information content (AvgIpc) is 2.74. The SMILES string of the molecule is O=C(NO)c1cc(Sc2ccc(NS(=O)(=O)c3ccc(Cl)c(C(F)(F)F)c3)cc2)ncn1. The van der Waals surface area contributed by atoms with Gasteiger partial charge in [-0.2, -0.15) is 13.2 Å². The molecule has 0 atom stereocenters. The minimum Gasteiger partial charge on any atom is -0.288 e. The number of alkyl halides is 3. The van der Waals surface area contributed by atoms with Gasteiger partial charge in [-0.15, -0.1) is 0 Å². The number of anilines is 1. The van der Waals surface area contributed by atoms with Crippen molar-refractivity contribution < 1.29 is 31.6 Å². The lowest BCUT2D eigenvalue weighted by Crippen LogP contribution is -2.20. The molecule has 1 amide bonds. The van der Waals surface area contributed by atoms with E-state index in [4.69, 9.17) is 16.8 Å². The maximum absolute atomic E-state index is 13.0. The number of amides is 1. The van der Waals surface area contributed by atoms with Crippen LogP contribution in [0.5, 0.6) is 0 Å². The zero-order valence-electron chi connectivity index (χ0n) is 15.6. The van der Waals surface area contributed by atoms with Gasteiger partial charge in [-0.3, -0.25) is 14.7 Å². The lowest BCUT2D eigenvalue weighted by Gasteiger charge is -2.13. The van der Waals surface area contributed by atoms with Gasteiger partial charge in [0.2, 0.25) is 0 Å². The van der Waals surface area contributed by atoms with Crippen LogP contribution in [0.3, 0.4) is 0 Å². The van der Waals surface area contributed by atoms with Crippen LogP contribution in [0.4, 0.5) is 18.9 Å². The number of hydrogen-bond acceptors (Lipinski definition) is 7. The molecule has 1 heterocycles. The maximum Gasteiger partial charge on any atom is 0.417 e. The summed E-state index contributed by atoms with van der Waals surface area (Å²) in [5.74, 6) is -0.810. The molecule has 1 aromatic heterocycles. The topological polar surface area (TPSA) is 121 Å². The van der Waals surface area contributed by atoms with E-state index in [2.05, 4.69) is 14.7 Å². The van der Waals surface area contributed by atoms with Crippen LogP contribution >= 0.6 is 23.4 Å². The Morgan fingerprint density at radius 3 is 2.38 bits per heavy atom. The van der Waals surface area contributed by atoms with E-state index < -0.39 is 37.6 Å². The van der Waals surface area contributed by atoms with Gasteiger partial charge in [-0.05, 0) is 42.5 Å². The van der Waals surface area contributed by atoms with Crippen LogP contribution in [0.1, 0.15) is 16.1 Å². The predicted molar refractivity (Wildman–Crippen MR) is 109 cm³/mol. The van der Waals surface area contributed by atoms with Gasteiger partial charge in [0.05, 0.1) is 15.5 Å². The first-order valence-electron chi connectivity index (χ1n) is 8.43. The Bertz CT molecular complexity index is 1260. The van der Waals surface area contributed by atoms with Crippen molar-refractivity contribution in [2.45, 2.75) is 21.0 Å². The van der Waals surface area contributed by atoms with Crippen molar-refractivity contribution >= 4 is 45.0 Å². The molecular formula is C18H12ClF3N4O4S2. The van der Waals surface area contributed by atoms with Crippen LogP contribution < -0.4 is 10.2 Å². The van der Waals surface area contributed by atoms with E-state index in [1.165, 1.54) is 23.7 Å². The number of halogens is 4. The lowest BCUT2D eigenvalue weighted by atomic mass is 10.2. The van der Waals surface area contributed by atoms with Crippen molar-refractivity contribution in [1.82, 2.24) is 15.4 Å². The average molecular weight is 505 g/mol.